The highest BCUT2D eigenvalue weighted by atomic mass is 35.5. The molecule has 1 fully saturated rings. The second kappa shape index (κ2) is 7.27. The van der Waals surface area contributed by atoms with Gasteiger partial charge < -0.3 is 24.2 Å². The van der Waals surface area contributed by atoms with Gasteiger partial charge in [0.2, 0.25) is 5.91 Å². The number of carbonyl (C=O) groups is 2. The van der Waals surface area contributed by atoms with E-state index in [1.165, 1.54) is 0 Å². The van der Waals surface area contributed by atoms with E-state index in [1.54, 1.807) is 17.0 Å². The molecule has 8 heteroatoms. The van der Waals surface area contributed by atoms with E-state index in [1.807, 2.05) is 0 Å². The van der Waals surface area contributed by atoms with Gasteiger partial charge in [0.25, 0.3) is 0 Å². The summed E-state index contributed by atoms with van der Waals surface area (Å²) in [5.74, 6) is 0.0173. The monoisotopic (exact) mass is 355 g/mol. The summed E-state index contributed by atoms with van der Waals surface area (Å²) < 4.78 is 16.4. The first kappa shape index (κ1) is 16.9. The minimum Gasteiger partial charge on any atom is -0.486 e. The van der Waals surface area contributed by atoms with Gasteiger partial charge in [-0.1, -0.05) is 11.6 Å². The highest BCUT2D eigenvalue weighted by molar-refractivity contribution is 6.32. The van der Waals surface area contributed by atoms with E-state index in [9.17, 15) is 9.59 Å². The van der Waals surface area contributed by atoms with Crippen LogP contribution < -0.4 is 9.47 Å². The topological polar surface area (TPSA) is 85.3 Å². The summed E-state index contributed by atoms with van der Waals surface area (Å²) in [6.45, 7) is 1.97. The lowest BCUT2D eigenvalue weighted by Gasteiger charge is -2.32. The molecule has 2 aliphatic rings. The highest BCUT2D eigenvalue weighted by Crippen LogP contribution is 2.38. The summed E-state index contributed by atoms with van der Waals surface area (Å²) in [5, 5.41) is 9.26. The molecule has 130 valence electrons. The summed E-state index contributed by atoms with van der Waals surface area (Å²) in [6.07, 6.45) is -0.417. The molecular formula is C16H18ClNO6. The largest absolute Gasteiger partial charge is 0.486 e. The van der Waals surface area contributed by atoms with Crippen LogP contribution in [0.4, 0.5) is 0 Å². The molecule has 7 nitrogen and oxygen atoms in total. The fourth-order valence-electron chi connectivity index (χ4n) is 2.82. The van der Waals surface area contributed by atoms with E-state index < -0.39 is 12.1 Å². The zero-order valence-electron chi connectivity index (χ0n) is 13.0. The number of hydrogen-bond acceptors (Lipinski definition) is 5. The van der Waals surface area contributed by atoms with E-state index in [-0.39, 0.29) is 25.3 Å². The number of halogens is 1. The Kier molecular flexibility index (Phi) is 5.11. The number of morpholine rings is 1. The van der Waals surface area contributed by atoms with E-state index in [0.717, 1.165) is 5.56 Å². The lowest BCUT2D eigenvalue weighted by Crippen LogP contribution is -2.46. The zero-order chi connectivity index (χ0) is 17.1. The molecule has 1 aromatic carbocycles. The normalized spacial score (nSPS) is 19.9. The summed E-state index contributed by atoms with van der Waals surface area (Å²) >= 11 is 6.18. The molecule has 3 rings (SSSR count). The maximum atomic E-state index is 12.5. The Balaban J connectivity index is 1.66. The standard InChI is InChI=1S/C16H18ClNO6/c17-12-5-10(6-13-16(12)24-4-3-23-13)7-14(19)18-1-2-22-11(9-18)8-15(20)21/h5-6,11H,1-4,7-9H2,(H,20,21)/t11-/m1/s1. The van der Waals surface area contributed by atoms with Gasteiger partial charge in [-0.15, -0.1) is 0 Å². The zero-order valence-corrected chi connectivity index (χ0v) is 13.8. The number of carboxylic acid groups (broad SMARTS) is 1. The molecular weight excluding hydrogens is 338 g/mol. The van der Waals surface area contributed by atoms with Gasteiger partial charge in [0.05, 0.1) is 30.6 Å². The number of amides is 1. The predicted molar refractivity (Wildman–Crippen MR) is 84.7 cm³/mol. The number of fused-ring (bicyclic) bond motifs is 1. The van der Waals surface area contributed by atoms with Crippen LogP contribution in [-0.2, 0) is 20.7 Å². The number of benzene rings is 1. The van der Waals surface area contributed by atoms with Crippen LogP contribution in [0.25, 0.3) is 0 Å². The summed E-state index contributed by atoms with van der Waals surface area (Å²) in [5.41, 5.74) is 0.732. The van der Waals surface area contributed by atoms with E-state index >= 15 is 0 Å². The number of aliphatic carboxylic acids is 1. The van der Waals surface area contributed by atoms with Crippen molar-refractivity contribution < 1.29 is 28.9 Å². The van der Waals surface area contributed by atoms with Crippen LogP contribution in [0.15, 0.2) is 12.1 Å². The Hall–Kier alpha value is -1.99. The molecule has 1 amide bonds. The second-order valence-electron chi connectivity index (χ2n) is 5.71. The molecule has 2 heterocycles. The Morgan fingerprint density at radius 3 is 2.83 bits per heavy atom. The van der Waals surface area contributed by atoms with Crippen molar-refractivity contribution >= 4 is 23.5 Å². The van der Waals surface area contributed by atoms with Gasteiger partial charge in [0.1, 0.15) is 13.2 Å². The van der Waals surface area contributed by atoms with E-state index in [0.29, 0.717) is 42.9 Å². The van der Waals surface area contributed by atoms with Crippen molar-refractivity contribution in [1.29, 1.82) is 0 Å². The van der Waals surface area contributed by atoms with Crippen molar-refractivity contribution in [2.75, 3.05) is 32.9 Å². The van der Waals surface area contributed by atoms with Gasteiger partial charge in [-0.2, -0.15) is 0 Å². The first-order valence-corrected chi connectivity index (χ1v) is 8.10. The third-order valence-corrected chi connectivity index (χ3v) is 4.19. The van der Waals surface area contributed by atoms with Gasteiger partial charge in [0, 0.05) is 13.1 Å². The Morgan fingerprint density at radius 1 is 1.25 bits per heavy atom. The minimum atomic E-state index is -0.937. The smallest absolute Gasteiger partial charge is 0.306 e. The highest BCUT2D eigenvalue weighted by Gasteiger charge is 2.26. The van der Waals surface area contributed by atoms with Gasteiger partial charge in [-0.05, 0) is 17.7 Å². The van der Waals surface area contributed by atoms with Crippen molar-refractivity contribution in [3.8, 4) is 11.5 Å². The average molecular weight is 356 g/mol. The molecule has 1 aromatic rings. The van der Waals surface area contributed by atoms with Crippen molar-refractivity contribution in [2.45, 2.75) is 18.9 Å². The molecule has 0 aliphatic carbocycles. The van der Waals surface area contributed by atoms with Crippen LogP contribution >= 0.6 is 11.6 Å². The maximum Gasteiger partial charge on any atom is 0.306 e. The second-order valence-corrected chi connectivity index (χ2v) is 6.12. The molecule has 0 aromatic heterocycles. The molecule has 1 N–H and O–H groups in total. The molecule has 0 spiro atoms. The lowest BCUT2D eigenvalue weighted by molar-refractivity contribution is -0.147. The van der Waals surface area contributed by atoms with E-state index in [4.69, 9.17) is 30.9 Å². The van der Waals surface area contributed by atoms with Gasteiger partial charge in [0.15, 0.2) is 11.5 Å². The Bertz CT molecular complexity index is 650. The van der Waals surface area contributed by atoms with Crippen LogP contribution in [0.1, 0.15) is 12.0 Å². The average Bonchev–Trinajstić information content (AvgIpc) is 2.54. The third kappa shape index (κ3) is 3.91. The van der Waals surface area contributed by atoms with Gasteiger partial charge in [-0.3, -0.25) is 9.59 Å². The van der Waals surface area contributed by atoms with Crippen LogP contribution in [0.3, 0.4) is 0 Å². The maximum absolute atomic E-state index is 12.5. The van der Waals surface area contributed by atoms with Gasteiger partial charge in [-0.25, -0.2) is 0 Å². The molecule has 0 radical (unpaired) electrons. The Morgan fingerprint density at radius 2 is 2.04 bits per heavy atom. The molecule has 24 heavy (non-hydrogen) atoms. The summed E-state index contributed by atoms with van der Waals surface area (Å²) in [4.78, 5) is 24.9. The fraction of sp³-hybridized carbons (Fsp3) is 0.500. The number of carboxylic acids is 1. The quantitative estimate of drug-likeness (QED) is 0.877. The number of hydrogen-bond donors (Lipinski definition) is 1. The number of carbonyl (C=O) groups excluding carboxylic acids is 1. The van der Waals surface area contributed by atoms with Crippen molar-refractivity contribution in [2.24, 2.45) is 0 Å². The fourth-order valence-corrected chi connectivity index (χ4v) is 3.10. The lowest BCUT2D eigenvalue weighted by atomic mass is 10.1. The van der Waals surface area contributed by atoms with Crippen LogP contribution in [-0.4, -0.2) is 60.9 Å². The minimum absolute atomic E-state index is 0.0959. The van der Waals surface area contributed by atoms with Gasteiger partial charge >= 0.3 is 5.97 Å². The first-order valence-electron chi connectivity index (χ1n) is 7.72. The van der Waals surface area contributed by atoms with Crippen molar-refractivity contribution in [3.63, 3.8) is 0 Å². The number of rotatable bonds is 4. The molecule has 1 atom stereocenters. The van der Waals surface area contributed by atoms with E-state index in [2.05, 4.69) is 0 Å². The summed E-state index contributed by atoms with van der Waals surface area (Å²) in [6, 6.07) is 3.45. The number of ether oxygens (including phenoxy) is 3. The van der Waals surface area contributed by atoms with Crippen LogP contribution in [0, 0.1) is 0 Å². The predicted octanol–water partition coefficient (Wildman–Crippen LogP) is 1.36. The Labute approximate surface area is 144 Å². The summed E-state index contributed by atoms with van der Waals surface area (Å²) in [7, 11) is 0. The third-order valence-electron chi connectivity index (χ3n) is 3.91. The number of nitrogens with zero attached hydrogens (tertiary/aromatic N) is 1. The first-order chi connectivity index (χ1) is 11.5. The molecule has 1 saturated heterocycles. The van der Waals surface area contributed by atoms with Crippen molar-refractivity contribution in [1.82, 2.24) is 4.90 Å². The van der Waals surface area contributed by atoms with Crippen molar-refractivity contribution in [3.05, 3.63) is 22.7 Å². The molecule has 2 aliphatic heterocycles. The molecule has 0 saturated carbocycles. The van der Waals surface area contributed by atoms with Crippen LogP contribution in [0.5, 0.6) is 11.5 Å². The SMILES string of the molecule is O=C(O)C[C@@H]1CN(C(=O)Cc2cc(Cl)c3c(c2)OCCO3)CCO1. The molecule has 0 unspecified atom stereocenters. The van der Waals surface area contributed by atoms with Crippen LogP contribution in [0.2, 0.25) is 5.02 Å². The molecule has 0 bridgehead atoms.